The van der Waals surface area contributed by atoms with Gasteiger partial charge >= 0.3 is 25.7 Å². The predicted octanol–water partition coefficient (Wildman–Crippen LogP) is 0.856. The van der Waals surface area contributed by atoms with Gasteiger partial charge in [-0.15, -0.1) is 11.8 Å². The molecule has 5 atom stereocenters. The van der Waals surface area contributed by atoms with Gasteiger partial charge in [-0.25, -0.2) is 4.57 Å². The van der Waals surface area contributed by atoms with Crippen molar-refractivity contribution in [1.82, 2.24) is 9.80 Å². The average Bonchev–Trinajstić information content (AvgIpc) is 3.40. The topological polar surface area (TPSA) is 257 Å². The van der Waals surface area contributed by atoms with Gasteiger partial charge in [0, 0.05) is 25.9 Å². The number of carboxylic acid groups (broad SMARTS) is 2. The highest BCUT2D eigenvalue weighted by atomic mass is 32.2. The van der Waals surface area contributed by atoms with Gasteiger partial charge in [0.1, 0.15) is 17.4 Å². The second-order valence-electron chi connectivity index (χ2n) is 11.8. The molecule has 0 aliphatic carbocycles. The van der Waals surface area contributed by atoms with E-state index in [0.717, 1.165) is 16.7 Å². The summed E-state index contributed by atoms with van der Waals surface area (Å²) in [5.41, 5.74) is 3.74. The van der Waals surface area contributed by atoms with Crippen molar-refractivity contribution in [3.8, 4) is 0 Å². The number of rotatable bonds is 21. The predicted molar refractivity (Wildman–Crippen MR) is 168 cm³/mol. The zero-order chi connectivity index (χ0) is 35.7. The first-order valence-corrected chi connectivity index (χ1v) is 18.3. The number of hydrogen-bond acceptors (Lipinski definition) is 14. The van der Waals surface area contributed by atoms with Gasteiger partial charge < -0.3 is 25.6 Å². The highest BCUT2D eigenvalue weighted by molar-refractivity contribution is 8.02. The molecule has 2 saturated heterocycles. The normalized spacial score (nSPS) is 21.9. The molecule has 0 bridgehead atoms. The number of carboxylic acids is 2. The maximum atomic E-state index is 13.3. The molecule has 2 heterocycles. The van der Waals surface area contributed by atoms with Crippen LogP contribution in [-0.2, 0) is 51.9 Å². The molecule has 4 amide bonds. The number of likely N-dealkylation sites (tertiary alicyclic amines) is 2. The number of ether oxygens (including phenoxy) is 1. The highest BCUT2D eigenvalue weighted by Crippen LogP contribution is 2.45. The van der Waals surface area contributed by atoms with Gasteiger partial charge in [-0.3, -0.25) is 52.4 Å². The summed E-state index contributed by atoms with van der Waals surface area (Å²) < 4.78 is 24.6. The highest BCUT2D eigenvalue weighted by Gasteiger charge is 2.49. The molecule has 47 heavy (non-hydrogen) atoms. The standard InChI is InChI=1S/C27H42N3O14PS2/c1-26(2,24(37)38)15-27(3,25(39)42-10-11-43-45(40,41)44-14-16(28)23(35)36)47-18-13-20(32)30(22(18)34)9-7-5-6-8-29-19(31)12-17(46-4)21(29)33/h16-18H,5-15,28H2,1-4H3,(H,35,36)(H,37,38)(H,40,41). The Hall–Kier alpha value is -2.54. The minimum absolute atomic E-state index is 0.0871. The molecule has 0 saturated carbocycles. The Bertz CT molecular complexity index is 1280. The van der Waals surface area contributed by atoms with Crippen LogP contribution < -0.4 is 5.73 Å². The van der Waals surface area contributed by atoms with Crippen molar-refractivity contribution in [1.29, 1.82) is 0 Å². The number of nitrogens with zero attached hydrogens (tertiary/aromatic N) is 2. The Morgan fingerprint density at radius 3 is 1.96 bits per heavy atom. The number of thioether (sulfide) groups is 2. The van der Waals surface area contributed by atoms with Crippen molar-refractivity contribution in [2.24, 2.45) is 11.1 Å². The lowest BCUT2D eigenvalue weighted by atomic mass is 9.83. The number of esters is 1. The van der Waals surface area contributed by atoms with Crippen LogP contribution in [0.3, 0.4) is 0 Å². The van der Waals surface area contributed by atoms with Gasteiger partial charge in [0.15, 0.2) is 0 Å². The Morgan fingerprint density at radius 1 is 0.936 bits per heavy atom. The molecule has 0 spiro atoms. The molecule has 266 valence electrons. The van der Waals surface area contributed by atoms with E-state index in [0.29, 0.717) is 19.3 Å². The van der Waals surface area contributed by atoms with Crippen molar-refractivity contribution in [3.05, 3.63) is 0 Å². The Kier molecular flexibility index (Phi) is 14.9. The molecule has 5 unspecified atom stereocenters. The van der Waals surface area contributed by atoms with Crippen LogP contribution >= 0.6 is 31.3 Å². The maximum absolute atomic E-state index is 13.3. The molecule has 2 aliphatic heterocycles. The number of carbonyl (C=O) groups excluding carboxylic acids is 5. The molecule has 0 aromatic carbocycles. The van der Waals surface area contributed by atoms with Crippen molar-refractivity contribution in [2.45, 2.75) is 80.6 Å². The molecule has 0 aromatic heterocycles. The SMILES string of the molecule is CSC1CC(=O)N(CCCCCN2C(=O)CC(SC(C)(CC(C)(C)C(=O)O)C(=O)OCCOP(=O)(O)OCC(N)C(=O)O)C2=O)C1=O. The summed E-state index contributed by atoms with van der Waals surface area (Å²) in [5.74, 6) is -5.12. The third kappa shape index (κ3) is 11.5. The molecule has 0 aromatic rings. The summed E-state index contributed by atoms with van der Waals surface area (Å²) in [5, 5.41) is 17.1. The van der Waals surface area contributed by atoms with Gasteiger partial charge in [0.25, 0.3) is 0 Å². The fraction of sp³-hybridized carbons (Fsp3) is 0.741. The Balaban J connectivity index is 1.97. The van der Waals surface area contributed by atoms with Crippen LogP contribution in [0.4, 0.5) is 0 Å². The molecule has 2 fully saturated rings. The van der Waals surface area contributed by atoms with Gasteiger partial charge in [0.05, 0.1) is 29.1 Å². The lowest BCUT2D eigenvalue weighted by Crippen LogP contribution is -2.43. The van der Waals surface area contributed by atoms with E-state index in [9.17, 15) is 48.1 Å². The quantitative estimate of drug-likeness (QED) is 0.0553. The minimum Gasteiger partial charge on any atom is -0.481 e. The molecule has 0 radical (unpaired) electrons. The second-order valence-corrected chi connectivity index (χ2v) is 16.0. The largest absolute Gasteiger partial charge is 0.481 e. The van der Waals surface area contributed by atoms with E-state index in [-0.39, 0.29) is 49.4 Å². The van der Waals surface area contributed by atoms with Crippen LogP contribution in [0, 0.1) is 5.41 Å². The number of phosphoric ester groups is 1. The van der Waals surface area contributed by atoms with Crippen LogP contribution in [0.15, 0.2) is 0 Å². The van der Waals surface area contributed by atoms with Crippen molar-refractivity contribution in [3.63, 3.8) is 0 Å². The lowest BCUT2D eigenvalue weighted by molar-refractivity contribution is -0.152. The zero-order valence-electron chi connectivity index (χ0n) is 26.6. The van der Waals surface area contributed by atoms with Crippen LogP contribution in [0.2, 0.25) is 0 Å². The van der Waals surface area contributed by atoms with E-state index in [1.807, 2.05) is 0 Å². The van der Waals surface area contributed by atoms with E-state index in [1.54, 1.807) is 6.26 Å². The average molecular weight is 728 g/mol. The summed E-state index contributed by atoms with van der Waals surface area (Å²) >= 11 is 2.12. The summed E-state index contributed by atoms with van der Waals surface area (Å²) in [7, 11) is -4.75. The van der Waals surface area contributed by atoms with Gasteiger partial charge in [0.2, 0.25) is 23.6 Å². The third-order valence-corrected chi connectivity index (χ3v) is 10.9. The summed E-state index contributed by atoms with van der Waals surface area (Å²) in [6, 6.07) is -1.58. The molecule has 2 aliphatic rings. The molecular weight excluding hydrogens is 685 g/mol. The van der Waals surface area contributed by atoms with Crippen molar-refractivity contribution in [2.75, 3.05) is 39.2 Å². The van der Waals surface area contributed by atoms with Gasteiger partial charge in [-0.2, -0.15) is 11.8 Å². The minimum atomic E-state index is -4.75. The third-order valence-electron chi connectivity index (χ3n) is 7.45. The Labute approximate surface area is 280 Å². The van der Waals surface area contributed by atoms with E-state index in [2.05, 4.69) is 9.05 Å². The number of amides is 4. The number of hydrogen-bond donors (Lipinski definition) is 4. The molecule has 2 rings (SSSR count). The van der Waals surface area contributed by atoms with E-state index in [1.165, 1.54) is 37.4 Å². The smallest absolute Gasteiger partial charge is 0.472 e. The maximum Gasteiger partial charge on any atom is 0.472 e. The van der Waals surface area contributed by atoms with Gasteiger partial charge in [-0.05, 0) is 52.7 Å². The van der Waals surface area contributed by atoms with Crippen molar-refractivity contribution >= 4 is 72.9 Å². The first kappa shape index (κ1) is 40.6. The monoisotopic (exact) mass is 727 g/mol. The van der Waals surface area contributed by atoms with E-state index < -0.39 is 78.8 Å². The number of unbranched alkanes of at least 4 members (excludes halogenated alkanes) is 2. The first-order chi connectivity index (χ1) is 21.7. The number of phosphoric acid groups is 1. The summed E-state index contributed by atoms with van der Waals surface area (Å²) in [6.45, 7) is 2.41. The lowest BCUT2D eigenvalue weighted by Gasteiger charge is -2.34. The number of carbonyl (C=O) groups is 7. The van der Waals surface area contributed by atoms with Crippen LogP contribution in [0.25, 0.3) is 0 Å². The molecule has 20 heteroatoms. The van der Waals surface area contributed by atoms with Crippen LogP contribution in [0.5, 0.6) is 0 Å². The van der Waals surface area contributed by atoms with Gasteiger partial charge in [-0.1, -0.05) is 0 Å². The number of imide groups is 2. The van der Waals surface area contributed by atoms with Crippen LogP contribution in [-0.4, -0.2) is 127 Å². The number of nitrogens with two attached hydrogens (primary N) is 1. The molecule has 17 nitrogen and oxygen atoms in total. The fourth-order valence-corrected chi connectivity index (χ4v) is 7.93. The molecule has 5 N–H and O–H groups in total. The van der Waals surface area contributed by atoms with E-state index in [4.69, 9.17) is 15.6 Å². The zero-order valence-corrected chi connectivity index (χ0v) is 29.1. The Morgan fingerprint density at radius 2 is 1.47 bits per heavy atom. The fourth-order valence-electron chi connectivity index (χ4n) is 4.89. The summed E-state index contributed by atoms with van der Waals surface area (Å²) in [4.78, 5) is 98.3. The van der Waals surface area contributed by atoms with Crippen LogP contribution in [0.1, 0.15) is 59.3 Å². The summed E-state index contributed by atoms with van der Waals surface area (Å²) in [6.07, 6.45) is 2.85. The van der Waals surface area contributed by atoms with E-state index >= 15 is 0 Å². The second kappa shape index (κ2) is 17.2. The molecular formula is C27H42N3O14PS2. The first-order valence-electron chi connectivity index (χ1n) is 14.6. The number of aliphatic carboxylic acids is 2. The van der Waals surface area contributed by atoms with Crippen molar-refractivity contribution < 1.29 is 67.0 Å².